The van der Waals surface area contributed by atoms with Gasteiger partial charge in [-0.2, -0.15) is 4.31 Å². The molecular formula is C14H22N2O3S. The topological polar surface area (TPSA) is 83.6 Å². The lowest BCUT2D eigenvalue weighted by Crippen LogP contribution is -2.45. The first-order valence-corrected chi connectivity index (χ1v) is 8.37. The Labute approximate surface area is 120 Å². The van der Waals surface area contributed by atoms with Crippen LogP contribution in [0.2, 0.25) is 0 Å². The molecule has 1 saturated heterocycles. The Morgan fingerprint density at radius 2 is 2.15 bits per heavy atom. The highest BCUT2D eigenvalue weighted by molar-refractivity contribution is 7.89. The molecule has 2 rings (SSSR count). The van der Waals surface area contributed by atoms with Crippen LogP contribution in [0.15, 0.2) is 23.1 Å². The molecule has 1 aliphatic heterocycles. The molecular weight excluding hydrogens is 276 g/mol. The minimum absolute atomic E-state index is 0.126. The molecule has 1 aliphatic rings. The van der Waals surface area contributed by atoms with Gasteiger partial charge in [0.15, 0.2) is 0 Å². The maximum absolute atomic E-state index is 12.7. The number of sulfonamides is 1. The maximum Gasteiger partial charge on any atom is 0.243 e. The van der Waals surface area contributed by atoms with E-state index in [2.05, 4.69) is 0 Å². The van der Waals surface area contributed by atoms with Crippen LogP contribution in [0.5, 0.6) is 0 Å². The Morgan fingerprint density at radius 3 is 2.75 bits per heavy atom. The molecule has 0 spiro atoms. The van der Waals surface area contributed by atoms with Crippen LogP contribution >= 0.6 is 0 Å². The molecule has 1 atom stereocenters. The first-order chi connectivity index (χ1) is 9.50. The fraction of sp³-hybridized carbons (Fsp3) is 0.571. The summed E-state index contributed by atoms with van der Waals surface area (Å²) in [5, 5.41) is 9.39. The SMILES string of the molecule is Cc1cc(S(=O)(=O)N2CCCCC2CO)ccc1CN. The lowest BCUT2D eigenvalue weighted by molar-refractivity contribution is 0.155. The van der Waals surface area contributed by atoms with Gasteiger partial charge in [-0.05, 0) is 43.0 Å². The summed E-state index contributed by atoms with van der Waals surface area (Å²) in [5.74, 6) is 0. The van der Waals surface area contributed by atoms with Crippen molar-refractivity contribution in [3.05, 3.63) is 29.3 Å². The molecule has 0 saturated carbocycles. The smallest absolute Gasteiger partial charge is 0.243 e. The van der Waals surface area contributed by atoms with Crippen LogP contribution in [-0.4, -0.2) is 37.0 Å². The Morgan fingerprint density at radius 1 is 1.40 bits per heavy atom. The summed E-state index contributed by atoms with van der Waals surface area (Å²) in [6.45, 7) is 2.61. The molecule has 6 heteroatoms. The van der Waals surface area contributed by atoms with Crippen LogP contribution in [0.25, 0.3) is 0 Å². The first kappa shape index (κ1) is 15.4. The third kappa shape index (κ3) is 2.88. The van der Waals surface area contributed by atoms with E-state index in [-0.39, 0.29) is 17.5 Å². The van der Waals surface area contributed by atoms with Crippen LogP contribution in [0.4, 0.5) is 0 Å². The molecule has 1 aromatic carbocycles. The lowest BCUT2D eigenvalue weighted by Gasteiger charge is -2.33. The van der Waals surface area contributed by atoms with Gasteiger partial charge in [0.05, 0.1) is 11.5 Å². The van der Waals surface area contributed by atoms with Crippen LogP contribution in [-0.2, 0) is 16.6 Å². The molecule has 0 bridgehead atoms. The van der Waals surface area contributed by atoms with Crippen molar-refractivity contribution in [2.75, 3.05) is 13.2 Å². The first-order valence-electron chi connectivity index (χ1n) is 6.93. The molecule has 20 heavy (non-hydrogen) atoms. The number of hydrogen-bond acceptors (Lipinski definition) is 4. The molecule has 3 N–H and O–H groups in total. The molecule has 1 aromatic rings. The molecule has 0 aliphatic carbocycles. The molecule has 112 valence electrons. The number of aryl methyl sites for hydroxylation is 1. The van der Waals surface area contributed by atoms with Gasteiger partial charge in [0.1, 0.15) is 0 Å². The second kappa shape index (κ2) is 6.22. The number of rotatable bonds is 4. The largest absolute Gasteiger partial charge is 0.395 e. The van der Waals surface area contributed by atoms with E-state index in [1.165, 1.54) is 4.31 Å². The monoisotopic (exact) mass is 298 g/mol. The van der Waals surface area contributed by atoms with Gasteiger partial charge in [0.25, 0.3) is 0 Å². The zero-order valence-electron chi connectivity index (χ0n) is 11.7. The normalized spacial score (nSPS) is 21.1. The third-order valence-electron chi connectivity index (χ3n) is 3.92. The third-order valence-corrected chi connectivity index (χ3v) is 5.87. The number of hydrogen-bond donors (Lipinski definition) is 2. The molecule has 0 radical (unpaired) electrons. The van der Waals surface area contributed by atoms with Gasteiger partial charge < -0.3 is 10.8 Å². The van der Waals surface area contributed by atoms with Gasteiger partial charge >= 0.3 is 0 Å². The zero-order chi connectivity index (χ0) is 14.8. The van der Waals surface area contributed by atoms with Crippen molar-refractivity contribution >= 4 is 10.0 Å². The fourth-order valence-corrected chi connectivity index (χ4v) is 4.44. The fourth-order valence-electron chi connectivity index (χ4n) is 2.67. The van der Waals surface area contributed by atoms with Crippen molar-refractivity contribution in [1.29, 1.82) is 0 Å². The van der Waals surface area contributed by atoms with Gasteiger partial charge in [-0.25, -0.2) is 8.42 Å². The summed E-state index contributed by atoms with van der Waals surface area (Å²) in [5.41, 5.74) is 7.43. The summed E-state index contributed by atoms with van der Waals surface area (Å²) in [7, 11) is -3.54. The summed E-state index contributed by atoms with van der Waals surface area (Å²) >= 11 is 0. The van der Waals surface area contributed by atoms with Gasteiger partial charge in [-0.15, -0.1) is 0 Å². The number of aliphatic hydroxyl groups excluding tert-OH is 1. The minimum Gasteiger partial charge on any atom is -0.395 e. The van der Waals surface area contributed by atoms with Crippen LogP contribution in [0.1, 0.15) is 30.4 Å². The highest BCUT2D eigenvalue weighted by Gasteiger charge is 2.33. The highest BCUT2D eigenvalue weighted by atomic mass is 32.2. The summed E-state index contributed by atoms with van der Waals surface area (Å²) in [6, 6.07) is 4.73. The standard InChI is InChI=1S/C14H22N2O3S/c1-11-8-14(6-5-12(11)9-15)20(18,19)16-7-3-2-4-13(16)10-17/h5-6,8,13,17H,2-4,7,9-10,15H2,1H3. The number of benzene rings is 1. The van der Waals surface area contributed by atoms with Crippen LogP contribution in [0, 0.1) is 6.92 Å². The van der Waals surface area contributed by atoms with E-state index in [9.17, 15) is 13.5 Å². The molecule has 0 aromatic heterocycles. The Kier molecular flexibility index (Phi) is 4.80. The van der Waals surface area contributed by atoms with Gasteiger partial charge in [-0.1, -0.05) is 12.5 Å². The Bertz CT molecular complexity index is 572. The minimum atomic E-state index is -3.54. The lowest BCUT2D eigenvalue weighted by atomic mass is 10.1. The van der Waals surface area contributed by atoms with E-state index < -0.39 is 10.0 Å². The van der Waals surface area contributed by atoms with Crippen molar-refractivity contribution in [2.45, 2.75) is 43.7 Å². The molecule has 1 heterocycles. The van der Waals surface area contributed by atoms with E-state index in [1.54, 1.807) is 18.2 Å². The van der Waals surface area contributed by atoms with Crippen molar-refractivity contribution in [2.24, 2.45) is 5.73 Å². The predicted octanol–water partition coefficient (Wildman–Crippen LogP) is 0.989. The number of piperidine rings is 1. The average Bonchev–Trinajstić information content (AvgIpc) is 2.47. The van der Waals surface area contributed by atoms with E-state index >= 15 is 0 Å². The van der Waals surface area contributed by atoms with E-state index in [1.807, 2.05) is 6.92 Å². The van der Waals surface area contributed by atoms with E-state index in [0.717, 1.165) is 30.4 Å². The summed E-state index contributed by atoms with van der Waals surface area (Å²) < 4.78 is 26.8. The molecule has 5 nitrogen and oxygen atoms in total. The molecule has 1 unspecified atom stereocenters. The number of aliphatic hydroxyl groups is 1. The van der Waals surface area contributed by atoms with Crippen LogP contribution in [0.3, 0.4) is 0 Å². The number of nitrogens with zero attached hydrogens (tertiary/aromatic N) is 1. The van der Waals surface area contributed by atoms with Crippen molar-refractivity contribution in [1.82, 2.24) is 4.31 Å². The summed E-state index contributed by atoms with van der Waals surface area (Å²) in [4.78, 5) is 0.285. The van der Waals surface area contributed by atoms with Gasteiger partial charge in [-0.3, -0.25) is 0 Å². The Hall–Kier alpha value is -0.950. The van der Waals surface area contributed by atoms with Crippen LogP contribution < -0.4 is 5.73 Å². The molecule has 1 fully saturated rings. The highest BCUT2D eigenvalue weighted by Crippen LogP contribution is 2.26. The molecule has 0 amide bonds. The average molecular weight is 298 g/mol. The second-order valence-corrected chi connectivity index (χ2v) is 7.13. The number of nitrogens with two attached hydrogens (primary N) is 1. The second-order valence-electron chi connectivity index (χ2n) is 5.24. The zero-order valence-corrected chi connectivity index (χ0v) is 12.6. The van der Waals surface area contributed by atoms with Gasteiger partial charge in [0, 0.05) is 19.1 Å². The Balaban J connectivity index is 2.36. The van der Waals surface area contributed by atoms with Crippen molar-refractivity contribution in [3.8, 4) is 0 Å². The van der Waals surface area contributed by atoms with E-state index in [0.29, 0.717) is 13.1 Å². The maximum atomic E-state index is 12.7. The quantitative estimate of drug-likeness (QED) is 0.868. The predicted molar refractivity (Wildman–Crippen MR) is 77.7 cm³/mol. The van der Waals surface area contributed by atoms with Crippen molar-refractivity contribution < 1.29 is 13.5 Å². The van der Waals surface area contributed by atoms with E-state index in [4.69, 9.17) is 5.73 Å². The van der Waals surface area contributed by atoms with Crippen molar-refractivity contribution in [3.63, 3.8) is 0 Å². The summed E-state index contributed by atoms with van der Waals surface area (Å²) in [6.07, 6.45) is 2.52. The van der Waals surface area contributed by atoms with Gasteiger partial charge in [0.2, 0.25) is 10.0 Å².